The van der Waals surface area contributed by atoms with Gasteiger partial charge in [0, 0.05) is 6.54 Å². The molecule has 0 saturated heterocycles. The SMILES string of the molecule is C[C@@](O)(CNC(=O)C(=O)NCc1ccc(F)cc1)c1ccc2c(c1)OCO2. The van der Waals surface area contributed by atoms with Crippen LogP contribution >= 0.6 is 0 Å². The van der Waals surface area contributed by atoms with Crippen molar-refractivity contribution in [3.05, 3.63) is 59.4 Å². The molecule has 0 fully saturated rings. The lowest BCUT2D eigenvalue weighted by atomic mass is 9.95. The molecule has 0 aromatic heterocycles. The van der Waals surface area contributed by atoms with Crippen LogP contribution < -0.4 is 20.1 Å². The maximum atomic E-state index is 12.8. The first-order chi connectivity index (χ1) is 12.8. The minimum Gasteiger partial charge on any atom is -0.454 e. The third kappa shape index (κ3) is 4.53. The van der Waals surface area contributed by atoms with Gasteiger partial charge in [0.25, 0.3) is 0 Å². The fraction of sp³-hybridized carbons (Fsp3) is 0.263. The van der Waals surface area contributed by atoms with E-state index in [0.29, 0.717) is 22.6 Å². The van der Waals surface area contributed by atoms with E-state index in [2.05, 4.69) is 10.6 Å². The second-order valence-corrected chi connectivity index (χ2v) is 6.33. The number of hydrogen-bond acceptors (Lipinski definition) is 5. The van der Waals surface area contributed by atoms with Crippen LogP contribution in [-0.2, 0) is 21.7 Å². The molecule has 1 aliphatic rings. The van der Waals surface area contributed by atoms with Gasteiger partial charge in [-0.1, -0.05) is 18.2 Å². The van der Waals surface area contributed by atoms with E-state index in [1.165, 1.54) is 31.2 Å². The molecule has 3 N–H and O–H groups in total. The lowest BCUT2D eigenvalue weighted by molar-refractivity contribution is -0.139. The number of carbonyl (C=O) groups excluding carboxylic acids is 2. The molecule has 2 aromatic rings. The molecule has 8 heteroatoms. The minimum atomic E-state index is -1.41. The van der Waals surface area contributed by atoms with Crippen LogP contribution in [0.2, 0.25) is 0 Å². The van der Waals surface area contributed by atoms with Gasteiger partial charge in [0.05, 0.1) is 6.54 Å². The van der Waals surface area contributed by atoms with Crippen molar-refractivity contribution in [1.29, 1.82) is 0 Å². The van der Waals surface area contributed by atoms with Gasteiger partial charge in [-0.25, -0.2) is 4.39 Å². The quantitative estimate of drug-likeness (QED) is 0.684. The monoisotopic (exact) mass is 374 g/mol. The zero-order valence-corrected chi connectivity index (χ0v) is 14.6. The van der Waals surface area contributed by atoms with Crippen LogP contribution in [0.3, 0.4) is 0 Å². The summed E-state index contributed by atoms with van der Waals surface area (Å²) < 4.78 is 23.3. The maximum absolute atomic E-state index is 12.8. The highest BCUT2D eigenvalue weighted by molar-refractivity contribution is 6.35. The molecular formula is C19H19FN2O5. The van der Waals surface area contributed by atoms with Crippen LogP contribution in [0.1, 0.15) is 18.1 Å². The number of hydrogen-bond donors (Lipinski definition) is 3. The standard InChI is InChI=1S/C19H19FN2O5/c1-19(25,13-4-7-15-16(8-13)27-11-26-15)10-22-18(24)17(23)21-9-12-2-5-14(20)6-3-12/h2-8,25H,9-11H2,1H3,(H,21,23)(H,22,24)/t19-/m1/s1. The molecule has 0 aliphatic carbocycles. The number of nitrogens with one attached hydrogen (secondary N) is 2. The van der Waals surface area contributed by atoms with Crippen molar-refractivity contribution in [3.8, 4) is 11.5 Å². The predicted octanol–water partition coefficient (Wildman–Crippen LogP) is 1.19. The summed E-state index contributed by atoms with van der Waals surface area (Å²) >= 11 is 0. The van der Waals surface area contributed by atoms with Crippen LogP contribution in [0, 0.1) is 5.82 Å². The van der Waals surface area contributed by atoms with Gasteiger partial charge in [0.1, 0.15) is 11.4 Å². The van der Waals surface area contributed by atoms with Crippen molar-refractivity contribution in [2.24, 2.45) is 0 Å². The average molecular weight is 374 g/mol. The van der Waals surface area contributed by atoms with Crippen molar-refractivity contribution in [2.45, 2.75) is 19.1 Å². The molecule has 7 nitrogen and oxygen atoms in total. The second-order valence-electron chi connectivity index (χ2n) is 6.33. The summed E-state index contributed by atoms with van der Waals surface area (Å²) in [5.74, 6) is -1.01. The molecule has 1 aliphatic heterocycles. The Hall–Kier alpha value is -3.13. The molecule has 1 heterocycles. The first-order valence-corrected chi connectivity index (χ1v) is 8.28. The first kappa shape index (κ1) is 18.7. The molecule has 142 valence electrons. The van der Waals surface area contributed by atoms with Gasteiger partial charge < -0.3 is 25.2 Å². The lowest BCUT2D eigenvalue weighted by Crippen LogP contribution is -2.45. The summed E-state index contributed by atoms with van der Waals surface area (Å²) in [6.07, 6.45) is 0. The van der Waals surface area contributed by atoms with Crippen LogP contribution in [0.25, 0.3) is 0 Å². The molecule has 1 atom stereocenters. The zero-order valence-electron chi connectivity index (χ0n) is 14.6. The van der Waals surface area contributed by atoms with Gasteiger partial charge in [0.2, 0.25) is 6.79 Å². The number of amides is 2. The topological polar surface area (TPSA) is 96.9 Å². The third-order valence-electron chi connectivity index (χ3n) is 4.16. The van der Waals surface area contributed by atoms with Gasteiger partial charge >= 0.3 is 11.8 Å². The number of carbonyl (C=O) groups is 2. The summed E-state index contributed by atoms with van der Waals surface area (Å²) in [5.41, 5.74) is -0.239. The fourth-order valence-electron chi connectivity index (χ4n) is 2.53. The van der Waals surface area contributed by atoms with E-state index < -0.39 is 17.4 Å². The van der Waals surface area contributed by atoms with Gasteiger partial charge in [-0.15, -0.1) is 0 Å². The number of rotatable bonds is 5. The van der Waals surface area contributed by atoms with Crippen molar-refractivity contribution < 1.29 is 28.6 Å². The highest BCUT2D eigenvalue weighted by Crippen LogP contribution is 2.35. The van der Waals surface area contributed by atoms with E-state index in [4.69, 9.17) is 9.47 Å². The van der Waals surface area contributed by atoms with Crippen LogP contribution in [0.15, 0.2) is 42.5 Å². The van der Waals surface area contributed by atoms with Gasteiger partial charge in [-0.2, -0.15) is 0 Å². The first-order valence-electron chi connectivity index (χ1n) is 8.28. The van der Waals surface area contributed by atoms with Gasteiger partial charge in [-0.05, 0) is 42.3 Å². The molecule has 0 unspecified atom stereocenters. The Morgan fingerprint density at radius 2 is 1.74 bits per heavy atom. The van der Waals surface area contributed by atoms with Crippen molar-refractivity contribution in [2.75, 3.05) is 13.3 Å². The predicted molar refractivity (Wildman–Crippen MR) is 93.4 cm³/mol. The van der Waals surface area contributed by atoms with E-state index in [-0.39, 0.29) is 25.7 Å². The Kier molecular flexibility index (Phi) is 5.27. The molecule has 0 bridgehead atoms. The van der Waals surface area contributed by atoms with Crippen molar-refractivity contribution >= 4 is 11.8 Å². The molecule has 2 aromatic carbocycles. The van der Waals surface area contributed by atoms with Crippen LogP contribution in [0.5, 0.6) is 11.5 Å². The summed E-state index contributed by atoms with van der Waals surface area (Å²) in [5, 5.41) is 15.4. The normalized spacial score (nSPS) is 14.3. The molecule has 0 radical (unpaired) electrons. The number of fused-ring (bicyclic) bond motifs is 1. The summed E-state index contributed by atoms with van der Waals surface area (Å²) in [6.45, 7) is 1.55. The Morgan fingerprint density at radius 1 is 1.07 bits per heavy atom. The third-order valence-corrected chi connectivity index (χ3v) is 4.16. The molecule has 3 rings (SSSR count). The number of aliphatic hydroxyl groups is 1. The van der Waals surface area contributed by atoms with E-state index in [9.17, 15) is 19.1 Å². The lowest BCUT2D eigenvalue weighted by Gasteiger charge is -2.24. The Bertz CT molecular complexity index is 852. The van der Waals surface area contributed by atoms with Crippen LogP contribution in [-0.4, -0.2) is 30.3 Å². The number of halogens is 1. The van der Waals surface area contributed by atoms with E-state index in [1.54, 1.807) is 18.2 Å². The van der Waals surface area contributed by atoms with E-state index >= 15 is 0 Å². The zero-order chi connectivity index (χ0) is 19.4. The Balaban J connectivity index is 1.52. The minimum absolute atomic E-state index is 0.0884. The molecule has 0 spiro atoms. The smallest absolute Gasteiger partial charge is 0.309 e. The maximum Gasteiger partial charge on any atom is 0.309 e. The molecule has 0 saturated carbocycles. The average Bonchev–Trinajstić information content (AvgIpc) is 3.13. The van der Waals surface area contributed by atoms with E-state index in [1.807, 2.05) is 0 Å². The highest BCUT2D eigenvalue weighted by Gasteiger charge is 2.27. The fourth-order valence-corrected chi connectivity index (χ4v) is 2.53. The highest BCUT2D eigenvalue weighted by atomic mass is 19.1. The van der Waals surface area contributed by atoms with Crippen molar-refractivity contribution in [1.82, 2.24) is 10.6 Å². The Morgan fingerprint density at radius 3 is 2.48 bits per heavy atom. The number of benzene rings is 2. The van der Waals surface area contributed by atoms with Crippen molar-refractivity contribution in [3.63, 3.8) is 0 Å². The van der Waals surface area contributed by atoms with Gasteiger partial charge in [0.15, 0.2) is 11.5 Å². The largest absolute Gasteiger partial charge is 0.454 e. The number of ether oxygens (including phenoxy) is 2. The van der Waals surface area contributed by atoms with E-state index in [0.717, 1.165) is 0 Å². The molecular weight excluding hydrogens is 355 g/mol. The molecule has 2 amide bonds. The van der Waals surface area contributed by atoms with Gasteiger partial charge in [-0.3, -0.25) is 9.59 Å². The Labute approximate surface area is 155 Å². The van der Waals surface area contributed by atoms with Crippen LogP contribution in [0.4, 0.5) is 4.39 Å². The second kappa shape index (κ2) is 7.63. The summed E-state index contributed by atoms with van der Waals surface area (Å²) in [4.78, 5) is 23.8. The summed E-state index contributed by atoms with van der Waals surface area (Å²) in [6, 6.07) is 10.5. The summed E-state index contributed by atoms with van der Waals surface area (Å²) in [7, 11) is 0. The molecule has 27 heavy (non-hydrogen) atoms.